The predicted octanol–water partition coefficient (Wildman–Crippen LogP) is 5.26. The normalized spacial score (nSPS) is 20.5. The highest BCUT2D eigenvalue weighted by atomic mass is 79.9. The number of benzene rings is 1. The lowest BCUT2D eigenvalue weighted by Gasteiger charge is -2.25. The number of alkyl halides is 1. The van der Waals surface area contributed by atoms with E-state index in [2.05, 4.69) is 40.2 Å². The minimum Gasteiger partial charge on any atom is -0.356 e. The highest BCUT2D eigenvalue weighted by Crippen LogP contribution is 2.29. The quantitative estimate of drug-likeness (QED) is 0.468. The molecule has 0 fully saturated rings. The van der Waals surface area contributed by atoms with Gasteiger partial charge in [0.1, 0.15) is 6.07 Å². The van der Waals surface area contributed by atoms with Crippen molar-refractivity contribution in [2.75, 3.05) is 11.9 Å². The number of hydrogen-bond acceptors (Lipinski definition) is 2. The van der Waals surface area contributed by atoms with Gasteiger partial charge in [0.15, 0.2) is 5.60 Å². The highest BCUT2D eigenvalue weighted by molar-refractivity contribution is 9.09. The Morgan fingerprint density at radius 1 is 1.14 bits per heavy atom. The molecule has 1 unspecified atom stereocenters. The van der Waals surface area contributed by atoms with E-state index < -0.39 is 5.60 Å². The molecule has 0 radical (unpaired) electrons. The van der Waals surface area contributed by atoms with Crippen LogP contribution in [-0.2, 0) is 4.74 Å². The molecule has 1 aliphatic carbocycles. The Morgan fingerprint density at radius 3 is 2.55 bits per heavy atom. The summed E-state index contributed by atoms with van der Waals surface area (Å²) in [5.74, 6) is 0. The zero-order valence-electron chi connectivity index (χ0n) is 12.8. The van der Waals surface area contributed by atoms with Gasteiger partial charge in [0, 0.05) is 18.4 Å². The lowest BCUT2D eigenvalue weighted by molar-refractivity contribution is 0.0324. The monoisotopic (exact) mass is 359 g/mol. The van der Waals surface area contributed by atoms with E-state index in [4.69, 9.17) is 4.74 Å². The van der Waals surface area contributed by atoms with Gasteiger partial charge in [-0.2, -0.15) is 5.26 Å². The molecule has 0 amide bonds. The summed E-state index contributed by atoms with van der Waals surface area (Å²) in [6, 6.07) is 12.6. The standard InChI is InChI=1S/C19H22BrNO/c20-14-6-1-2-7-15-22-19(16-21)12-10-18(11-13-19)17-8-4-3-5-9-17/h3-5,8-12H,1-2,6-7,13-15H2. The average molecular weight is 360 g/mol. The maximum absolute atomic E-state index is 9.48. The van der Waals surface area contributed by atoms with Crippen LogP contribution >= 0.6 is 15.9 Å². The van der Waals surface area contributed by atoms with Crippen molar-refractivity contribution in [1.29, 1.82) is 5.26 Å². The highest BCUT2D eigenvalue weighted by Gasteiger charge is 2.29. The zero-order chi connectivity index (χ0) is 15.7. The first-order valence-electron chi connectivity index (χ1n) is 7.86. The summed E-state index contributed by atoms with van der Waals surface area (Å²) in [6.45, 7) is 0.648. The number of halogens is 1. The Labute approximate surface area is 141 Å². The SMILES string of the molecule is N#CC1(OCCCCCCBr)C=CC(c2ccccc2)=CC1. The van der Waals surface area contributed by atoms with E-state index in [1.807, 2.05) is 30.4 Å². The molecule has 1 aromatic rings. The van der Waals surface area contributed by atoms with Crippen molar-refractivity contribution in [3.05, 3.63) is 54.1 Å². The minimum atomic E-state index is -0.784. The maximum atomic E-state index is 9.48. The van der Waals surface area contributed by atoms with Crippen LogP contribution in [0.25, 0.3) is 5.57 Å². The van der Waals surface area contributed by atoms with Crippen LogP contribution in [0, 0.1) is 11.3 Å². The van der Waals surface area contributed by atoms with Gasteiger partial charge in [-0.1, -0.05) is 71.3 Å². The Bertz CT molecular complexity index is 559. The topological polar surface area (TPSA) is 33.0 Å². The number of ether oxygens (including phenoxy) is 1. The summed E-state index contributed by atoms with van der Waals surface area (Å²) in [6.07, 6.45) is 11.2. The molecule has 1 atom stereocenters. The van der Waals surface area contributed by atoms with Crippen molar-refractivity contribution >= 4 is 21.5 Å². The molecule has 0 saturated heterocycles. The van der Waals surface area contributed by atoms with Crippen LogP contribution in [0.15, 0.2) is 48.6 Å². The fourth-order valence-electron chi connectivity index (χ4n) is 2.49. The van der Waals surface area contributed by atoms with Crippen molar-refractivity contribution in [2.24, 2.45) is 0 Å². The van der Waals surface area contributed by atoms with Gasteiger partial charge < -0.3 is 4.74 Å². The zero-order valence-corrected chi connectivity index (χ0v) is 14.4. The molecule has 116 valence electrons. The number of rotatable bonds is 8. The van der Waals surface area contributed by atoms with Crippen LogP contribution in [0.4, 0.5) is 0 Å². The lowest BCUT2D eigenvalue weighted by Crippen LogP contribution is -2.29. The van der Waals surface area contributed by atoms with Gasteiger partial charge in [0.2, 0.25) is 0 Å². The van der Waals surface area contributed by atoms with Crippen molar-refractivity contribution in [1.82, 2.24) is 0 Å². The second-order valence-electron chi connectivity index (χ2n) is 5.52. The van der Waals surface area contributed by atoms with Gasteiger partial charge in [-0.15, -0.1) is 0 Å². The van der Waals surface area contributed by atoms with Crippen LogP contribution in [0.1, 0.15) is 37.7 Å². The van der Waals surface area contributed by atoms with Gasteiger partial charge in [-0.3, -0.25) is 0 Å². The average Bonchev–Trinajstić information content (AvgIpc) is 2.59. The Balaban J connectivity index is 1.85. The van der Waals surface area contributed by atoms with Crippen molar-refractivity contribution in [2.45, 2.75) is 37.7 Å². The van der Waals surface area contributed by atoms with E-state index in [1.54, 1.807) is 0 Å². The number of hydrogen-bond donors (Lipinski definition) is 0. The molecule has 0 N–H and O–H groups in total. The molecule has 2 nitrogen and oxygen atoms in total. The smallest absolute Gasteiger partial charge is 0.176 e. The van der Waals surface area contributed by atoms with Crippen LogP contribution in [-0.4, -0.2) is 17.5 Å². The molecular weight excluding hydrogens is 338 g/mol. The second kappa shape index (κ2) is 8.92. The third-order valence-corrected chi connectivity index (χ3v) is 4.40. The van der Waals surface area contributed by atoms with Crippen LogP contribution in [0.3, 0.4) is 0 Å². The Kier molecular flexibility index (Phi) is 6.89. The molecule has 0 aliphatic heterocycles. The lowest BCUT2D eigenvalue weighted by atomic mass is 9.90. The van der Waals surface area contributed by atoms with E-state index in [9.17, 15) is 5.26 Å². The second-order valence-corrected chi connectivity index (χ2v) is 6.31. The largest absolute Gasteiger partial charge is 0.356 e. The molecule has 0 spiro atoms. The summed E-state index contributed by atoms with van der Waals surface area (Å²) in [5, 5.41) is 10.5. The van der Waals surface area contributed by atoms with E-state index in [0.717, 1.165) is 23.7 Å². The number of unbranched alkanes of at least 4 members (excludes halogenated alkanes) is 3. The first-order chi connectivity index (χ1) is 10.8. The van der Waals surface area contributed by atoms with Crippen LogP contribution in [0.5, 0.6) is 0 Å². The van der Waals surface area contributed by atoms with Crippen molar-refractivity contribution in [3.8, 4) is 6.07 Å². The van der Waals surface area contributed by atoms with Crippen molar-refractivity contribution < 1.29 is 4.74 Å². The molecular formula is C19H22BrNO. The Morgan fingerprint density at radius 2 is 1.91 bits per heavy atom. The van der Waals surface area contributed by atoms with Crippen molar-refractivity contribution in [3.63, 3.8) is 0 Å². The molecule has 0 heterocycles. The van der Waals surface area contributed by atoms with Gasteiger partial charge in [0.05, 0.1) is 0 Å². The van der Waals surface area contributed by atoms with Gasteiger partial charge in [0.25, 0.3) is 0 Å². The maximum Gasteiger partial charge on any atom is 0.176 e. The fourth-order valence-corrected chi connectivity index (χ4v) is 2.89. The summed E-state index contributed by atoms with van der Waals surface area (Å²) < 4.78 is 5.88. The molecule has 0 saturated carbocycles. The van der Waals surface area contributed by atoms with E-state index in [1.165, 1.54) is 18.4 Å². The molecule has 1 aliphatic rings. The minimum absolute atomic E-state index is 0.617. The summed E-state index contributed by atoms with van der Waals surface area (Å²) in [7, 11) is 0. The Hall–Kier alpha value is -1.37. The van der Waals surface area contributed by atoms with Crippen LogP contribution in [0.2, 0.25) is 0 Å². The van der Waals surface area contributed by atoms with E-state index >= 15 is 0 Å². The first kappa shape index (κ1) is 17.0. The summed E-state index contributed by atoms with van der Waals surface area (Å²) >= 11 is 3.44. The predicted molar refractivity (Wildman–Crippen MR) is 94.7 cm³/mol. The van der Waals surface area contributed by atoms with E-state index in [0.29, 0.717) is 13.0 Å². The van der Waals surface area contributed by atoms with Crippen LogP contribution < -0.4 is 0 Å². The summed E-state index contributed by atoms with van der Waals surface area (Å²) in [5.41, 5.74) is 1.56. The molecule has 1 aromatic carbocycles. The van der Waals surface area contributed by atoms with Gasteiger partial charge in [-0.25, -0.2) is 0 Å². The summed E-state index contributed by atoms with van der Waals surface area (Å²) in [4.78, 5) is 0. The third-order valence-electron chi connectivity index (χ3n) is 3.84. The third kappa shape index (κ3) is 4.83. The fraction of sp³-hybridized carbons (Fsp3) is 0.421. The number of allylic oxidation sites excluding steroid dienone is 2. The molecule has 0 aromatic heterocycles. The number of nitriles is 1. The molecule has 2 rings (SSSR count). The molecule has 3 heteroatoms. The molecule has 0 bridgehead atoms. The number of nitrogens with zero attached hydrogens (tertiary/aromatic N) is 1. The molecule has 22 heavy (non-hydrogen) atoms. The van der Waals surface area contributed by atoms with E-state index in [-0.39, 0.29) is 0 Å². The first-order valence-corrected chi connectivity index (χ1v) is 8.98. The van der Waals surface area contributed by atoms with Gasteiger partial charge in [-0.05, 0) is 30.1 Å². The van der Waals surface area contributed by atoms with Gasteiger partial charge >= 0.3 is 0 Å².